The van der Waals surface area contributed by atoms with Crippen molar-refractivity contribution in [2.45, 2.75) is 25.4 Å². The van der Waals surface area contributed by atoms with Gasteiger partial charge in [-0.25, -0.2) is 4.39 Å². The fourth-order valence-corrected chi connectivity index (χ4v) is 2.57. The van der Waals surface area contributed by atoms with Crippen molar-refractivity contribution in [1.82, 2.24) is 25.5 Å². The molecule has 0 saturated heterocycles. The Kier molecular flexibility index (Phi) is 3.74. The number of nitrogens with zero attached hydrogens (tertiary/aromatic N) is 4. The minimum absolute atomic E-state index is 0.0618. The molecule has 0 aliphatic carbocycles. The average Bonchev–Trinajstić information content (AvgIpc) is 3.16. The largest absolute Gasteiger partial charge is 0.477 e. The Morgan fingerprint density at radius 1 is 1.59 bits per heavy atom. The third-order valence-corrected chi connectivity index (χ3v) is 3.72. The Morgan fingerprint density at radius 2 is 2.41 bits per heavy atom. The van der Waals surface area contributed by atoms with Crippen LogP contribution >= 0.6 is 0 Å². The summed E-state index contributed by atoms with van der Waals surface area (Å²) in [7, 11) is 1.68. The van der Waals surface area contributed by atoms with E-state index in [1.807, 2.05) is 6.92 Å². The van der Waals surface area contributed by atoms with Crippen LogP contribution in [0.25, 0.3) is 0 Å². The number of halogens is 1. The fourth-order valence-electron chi connectivity index (χ4n) is 2.57. The lowest BCUT2D eigenvalue weighted by molar-refractivity contribution is -0.136. The second kappa shape index (κ2) is 5.70. The van der Waals surface area contributed by atoms with Gasteiger partial charge >= 0.3 is 0 Å². The van der Waals surface area contributed by atoms with Crippen LogP contribution in [0.2, 0.25) is 0 Å². The molecule has 2 atom stereocenters. The van der Waals surface area contributed by atoms with Crippen LogP contribution in [0.4, 0.5) is 4.39 Å². The highest BCUT2D eigenvalue weighted by Gasteiger charge is 2.33. The van der Waals surface area contributed by atoms with E-state index < -0.39 is 11.9 Å². The van der Waals surface area contributed by atoms with E-state index in [4.69, 9.17) is 4.74 Å². The van der Waals surface area contributed by atoms with Crippen LogP contribution in [0.5, 0.6) is 5.75 Å². The summed E-state index contributed by atoms with van der Waals surface area (Å²) >= 11 is 0. The molecule has 1 aliphatic heterocycles. The first-order valence-corrected chi connectivity index (χ1v) is 6.98. The van der Waals surface area contributed by atoms with Gasteiger partial charge in [-0.15, -0.1) is 10.2 Å². The summed E-state index contributed by atoms with van der Waals surface area (Å²) < 4.78 is 19.1. The quantitative estimate of drug-likeness (QED) is 0.907. The van der Waals surface area contributed by atoms with E-state index in [0.717, 1.165) is 5.56 Å². The predicted molar refractivity (Wildman–Crippen MR) is 74.7 cm³/mol. The van der Waals surface area contributed by atoms with Gasteiger partial charge in [-0.1, -0.05) is 24.3 Å². The topological polar surface area (TPSA) is 84.0 Å². The van der Waals surface area contributed by atoms with Gasteiger partial charge in [0, 0.05) is 31.5 Å². The van der Waals surface area contributed by atoms with Crippen LogP contribution in [-0.4, -0.2) is 51.1 Å². The number of nitrogens with one attached hydrogen (secondary N) is 1. The molecule has 1 aromatic heterocycles. The number of aromatic amines is 1. The first kappa shape index (κ1) is 14.4. The number of amides is 1. The molecule has 2 aromatic rings. The maximum absolute atomic E-state index is 13.6. The predicted octanol–water partition coefficient (Wildman–Crippen LogP) is 0.904. The summed E-state index contributed by atoms with van der Waals surface area (Å²) in [4.78, 5) is 14.0. The number of ether oxygens (including phenoxy) is 1. The molecule has 0 radical (unpaired) electrons. The van der Waals surface area contributed by atoms with Crippen LogP contribution in [0.3, 0.4) is 0 Å². The molecule has 7 nitrogen and oxygen atoms in total. The SMILES string of the molecule is C[C@@H](CN(C)C(=O)[C@@H]1Cc2cccc(F)c2O1)c1nn[nH]n1. The van der Waals surface area contributed by atoms with Crippen LogP contribution < -0.4 is 4.74 Å². The Balaban J connectivity index is 1.64. The van der Waals surface area contributed by atoms with Crippen LogP contribution in [0.15, 0.2) is 18.2 Å². The van der Waals surface area contributed by atoms with Crippen LogP contribution in [0.1, 0.15) is 24.2 Å². The van der Waals surface area contributed by atoms with Gasteiger partial charge in [-0.05, 0) is 6.07 Å². The number of H-pyrrole nitrogens is 1. The van der Waals surface area contributed by atoms with E-state index in [0.29, 0.717) is 18.8 Å². The van der Waals surface area contributed by atoms with Gasteiger partial charge in [0.05, 0.1) is 0 Å². The van der Waals surface area contributed by atoms with Crippen molar-refractivity contribution in [2.75, 3.05) is 13.6 Å². The summed E-state index contributed by atoms with van der Waals surface area (Å²) in [6, 6.07) is 4.72. The van der Waals surface area contributed by atoms with Gasteiger partial charge in [0.25, 0.3) is 5.91 Å². The van der Waals surface area contributed by atoms with Gasteiger partial charge in [0.2, 0.25) is 0 Å². The second-order valence-electron chi connectivity index (χ2n) is 5.43. The van der Waals surface area contributed by atoms with Crippen molar-refractivity contribution >= 4 is 5.91 Å². The number of rotatable bonds is 4. The van der Waals surface area contributed by atoms with E-state index in [-0.39, 0.29) is 17.6 Å². The highest BCUT2D eigenvalue weighted by molar-refractivity contribution is 5.82. The van der Waals surface area contributed by atoms with Gasteiger partial charge in [-0.3, -0.25) is 4.79 Å². The number of fused-ring (bicyclic) bond motifs is 1. The number of para-hydroxylation sites is 1. The number of hydrogen-bond acceptors (Lipinski definition) is 5. The lowest BCUT2D eigenvalue weighted by Gasteiger charge is -2.22. The average molecular weight is 305 g/mol. The molecule has 1 amide bonds. The minimum Gasteiger partial charge on any atom is -0.477 e. The first-order valence-electron chi connectivity index (χ1n) is 6.98. The van der Waals surface area contributed by atoms with Crippen molar-refractivity contribution < 1.29 is 13.9 Å². The highest BCUT2D eigenvalue weighted by atomic mass is 19.1. The maximum Gasteiger partial charge on any atom is 0.263 e. The Labute approximate surface area is 126 Å². The maximum atomic E-state index is 13.6. The molecule has 0 fully saturated rings. The summed E-state index contributed by atoms with van der Waals surface area (Å²) in [6.07, 6.45) is -0.304. The number of aromatic nitrogens is 4. The monoisotopic (exact) mass is 305 g/mol. The molecule has 0 spiro atoms. The highest BCUT2D eigenvalue weighted by Crippen LogP contribution is 2.32. The lowest BCUT2D eigenvalue weighted by atomic mass is 10.1. The number of benzene rings is 1. The molecule has 1 N–H and O–H groups in total. The van der Waals surface area contributed by atoms with E-state index in [9.17, 15) is 9.18 Å². The third kappa shape index (κ3) is 2.63. The summed E-state index contributed by atoms with van der Waals surface area (Å²) in [5.74, 6) is 0.0385. The van der Waals surface area contributed by atoms with Gasteiger partial charge < -0.3 is 9.64 Å². The zero-order chi connectivity index (χ0) is 15.7. The second-order valence-corrected chi connectivity index (χ2v) is 5.43. The van der Waals surface area contributed by atoms with Crippen molar-refractivity contribution in [3.63, 3.8) is 0 Å². The molecule has 1 aliphatic rings. The Morgan fingerprint density at radius 3 is 3.09 bits per heavy atom. The molecule has 3 rings (SSSR count). The van der Waals surface area contributed by atoms with E-state index >= 15 is 0 Å². The van der Waals surface area contributed by atoms with Crippen LogP contribution in [0, 0.1) is 5.82 Å². The number of likely N-dealkylation sites (N-methyl/N-ethyl adjacent to an activating group) is 1. The smallest absolute Gasteiger partial charge is 0.263 e. The van der Waals surface area contributed by atoms with Gasteiger partial charge in [-0.2, -0.15) is 5.21 Å². The zero-order valence-corrected chi connectivity index (χ0v) is 12.3. The van der Waals surface area contributed by atoms with Crippen LogP contribution in [-0.2, 0) is 11.2 Å². The molecular formula is C14H16FN5O2. The minimum atomic E-state index is -0.686. The van der Waals surface area contributed by atoms with Gasteiger partial charge in [0.15, 0.2) is 23.5 Å². The molecular weight excluding hydrogens is 289 g/mol. The first-order chi connectivity index (χ1) is 10.6. The third-order valence-electron chi connectivity index (χ3n) is 3.72. The zero-order valence-electron chi connectivity index (χ0n) is 12.3. The lowest BCUT2D eigenvalue weighted by Crippen LogP contribution is -2.40. The van der Waals surface area contributed by atoms with Crippen molar-refractivity contribution in [3.05, 3.63) is 35.4 Å². The number of tetrazole rings is 1. The van der Waals surface area contributed by atoms with Gasteiger partial charge in [0.1, 0.15) is 0 Å². The molecule has 0 unspecified atom stereocenters. The molecule has 8 heteroatoms. The molecule has 0 saturated carbocycles. The number of carbonyl (C=O) groups excluding carboxylic acids is 1. The molecule has 1 aromatic carbocycles. The molecule has 0 bridgehead atoms. The standard InChI is InChI=1S/C14H16FN5O2/c1-8(13-16-18-19-17-13)7-20(2)14(21)11-6-9-4-3-5-10(15)12(9)22-11/h3-5,8,11H,6-7H2,1-2H3,(H,16,17,18,19)/t8-,11-/m0/s1. The van der Waals surface area contributed by atoms with E-state index in [1.54, 1.807) is 24.1 Å². The van der Waals surface area contributed by atoms with Crippen molar-refractivity contribution in [2.24, 2.45) is 0 Å². The summed E-state index contributed by atoms with van der Waals surface area (Å²) in [6.45, 7) is 2.33. The summed E-state index contributed by atoms with van der Waals surface area (Å²) in [5.41, 5.74) is 0.720. The molecule has 2 heterocycles. The molecule has 22 heavy (non-hydrogen) atoms. The Hall–Kier alpha value is -2.51. The molecule has 116 valence electrons. The van der Waals surface area contributed by atoms with Crippen molar-refractivity contribution in [1.29, 1.82) is 0 Å². The van der Waals surface area contributed by atoms with E-state index in [1.165, 1.54) is 6.07 Å². The number of carbonyl (C=O) groups is 1. The normalized spacial score (nSPS) is 17.7. The van der Waals surface area contributed by atoms with E-state index in [2.05, 4.69) is 20.6 Å². The van der Waals surface area contributed by atoms with Crippen molar-refractivity contribution in [3.8, 4) is 5.75 Å². The fraction of sp³-hybridized carbons (Fsp3) is 0.429. The Bertz CT molecular complexity index is 676. The number of hydrogen-bond donors (Lipinski definition) is 1. The summed E-state index contributed by atoms with van der Waals surface area (Å²) in [5, 5.41) is 13.7.